The fourth-order valence-corrected chi connectivity index (χ4v) is 5.62. The second-order valence-electron chi connectivity index (χ2n) is 10.4. The van der Waals surface area contributed by atoms with Crippen LogP contribution in [0, 0.1) is 0 Å². The van der Waals surface area contributed by atoms with Crippen molar-refractivity contribution >= 4 is 28.5 Å². The van der Waals surface area contributed by atoms with Gasteiger partial charge in [-0.05, 0) is 60.7 Å². The maximum absolute atomic E-state index is 13.7. The molecule has 39 heavy (non-hydrogen) atoms. The lowest BCUT2D eigenvalue weighted by atomic mass is 9.89. The Morgan fingerprint density at radius 1 is 0.974 bits per heavy atom. The topological polar surface area (TPSA) is 89.3 Å². The van der Waals surface area contributed by atoms with Crippen LogP contribution in [0.5, 0.6) is 0 Å². The fraction of sp³-hybridized carbons (Fsp3) is 0.312. The Labute approximate surface area is 230 Å². The maximum atomic E-state index is 13.7. The summed E-state index contributed by atoms with van der Waals surface area (Å²) in [4.78, 5) is 32.4. The minimum Gasteiger partial charge on any atom is -0.361 e. The van der Waals surface area contributed by atoms with Gasteiger partial charge in [0.05, 0.1) is 0 Å². The number of aromatic amines is 1. The zero-order valence-electron chi connectivity index (χ0n) is 22.6. The lowest BCUT2D eigenvalue weighted by molar-refractivity contribution is -0.118. The number of piperidine rings is 1. The Balaban J connectivity index is 1.34. The number of aromatic nitrogens is 1. The van der Waals surface area contributed by atoms with Crippen molar-refractivity contribution in [3.63, 3.8) is 0 Å². The predicted octanol–water partition coefficient (Wildman–Crippen LogP) is 5.59. The number of benzene rings is 3. The van der Waals surface area contributed by atoms with Crippen LogP contribution in [0.3, 0.4) is 0 Å². The predicted molar refractivity (Wildman–Crippen MR) is 157 cm³/mol. The third-order valence-electron chi connectivity index (χ3n) is 7.80. The molecule has 1 fully saturated rings. The molecule has 0 aliphatic carbocycles. The van der Waals surface area contributed by atoms with Gasteiger partial charge in [0.1, 0.15) is 6.04 Å². The number of amides is 3. The molecule has 1 aliphatic rings. The first-order chi connectivity index (χ1) is 19.0. The van der Waals surface area contributed by atoms with Crippen molar-refractivity contribution in [3.8, 4) is 0 Å². The molecule has 2 unspecified atom stereocenters. The highest BCUT2D eigenvalue weighted by Crippen LogP contribution is 2.30. The van der Waals surface area contributed by atoms with Gasteiger partial charge in [-0.25, -0.2) is 4.79 Å². The number of nitrogens with zero attached hydrogens (tertiary/aromatic N) is 1. The van der Waals surface area contributed by atoms with Crippen LogP contribution >= 0.6 is 0 Å². The van der Waals surface area contributed by atoms with Crippen LogP contribution in [-0.2, 0) is 11.3 Å². The zero-order chi connectivity index (χ0) is 27.2. The summed E-state index contributed by atoms with van der Waals surface area (Å²) in [5.74, 6) is -0.0428. The van der Waals surface area contributed by atoms with Crippen LogP contribution in [0.2, 0.25) is 0 Å². The number of carbonyl (C=O) groups is 2. The van der Waals surface area contributed by atoms with Crippen molar-refractivity contribution in [1.29, 1.82) is 0 Å². The number of para-hydroxylation sites is 1. The molecular formula is C32H37N5O2. The largest absolute Gasteiger partial charge is 0.361 e. The summed E-state index contributed by atoms with van der Waals surface area (Å²) in [6, 6.07) is 25.3. The molecule has 7 nitrogen and oxygen atoms in total. The van der Waals surface area contributed by atoms with Crippen LogP contribution in [0.25, 0.3) is 10.9 Å². The molecule has 2 heterocycles. The van der Waals surface area contributed by atoms with E-state index in [1.807, 2.05) is 79.7 Å². The van der Waals surface area contributed by atoms with E-state index in [1.165, 1.54) is 5.56 Å². The number of likely N-dealkylation sites (tertiary alicyclic amines) is 1. The number of hydrogen-bond acceptors (Lipinski definition) is 3. The lowest BCUT2D eigenvalue weighted by Crippen LogP contribution is -2.53. The average Bonchev–Trinajstić information content (AvgIpc) is 3.41. The maximum Gasteiger partial charge on any atom is 0.318 e. The molecule has 4 N–H and O–H groups in total. The molecule has 1 saturated heterocycles. The molecule has 3 amide bonds. The molecule has 2 atom stereocenters. The Hall–Kier alpha value is -4.10. The Morgan fingerprint density at radius 3 is 2.49 bits per heavy atom. The summed E-state index contributed by atoms with van der Waals surface area (Å²) in [5, 5.41) is 10.4. The summed E-state index contributed by atoms with van der Waals surface area (Å²) < 4.78 is 0. The van der Waals surface area contributed by atoms with E-state index in [1.54, 1.807) is 0 Å². The molecule has 0 spiro atoms. The molecule has 5 rings (SSSR count). The second kappa shape index (κ2) is 12.2. The van der Waals surface area contributed by atoms with E-state index >= 15 is 0 Å². The summed E-state index contributed by atoms with van der Waals surface area (Å²) in [6.07, 6.45) is 3.76. The van der Waals surface area contributed by atoms with E-state index in [-0.39, 0.29) is 17.9 Å². The zero-order valence-corrected chi connectivity index (χ0v) is 22.6. The summed E-state index contributed by atoms with van der Waals surface area (Å²) in [7, 11) is 1.89. The van der Waals surface area contributed by atoms with Crippen molar-refractivity contribution in [3.05, 3.63) is 102 Å². The normalized spacial score (nSPS) is 15.6. The van der Waals surface area contributed by atoms with E-state index in [2.05, 4.69) is 45.2 Å². The van der Waals surface area contributed by atoms with Gasteiger partial charge >= 0.3 is 6.03 Å². The summed E-state index contributed by atoms with van der Waals surface area (Å²) in [5.41, 5.74) is 5.11. The number of nitrogens with one attached hydrogen (secondary N) is 4. The third kappa shape index (κ3) is 6.15. The highest BCUT2D eigenvalue weighted by atomic mass is 16.2. The minimum absolute atomic E-state index is 0.197. The quantitative estimate of drug-likeness (QED) is 0.243. The number of carbonyl (C=O) groups excluding carboxylic acids is 2. The van der Waals surface area contributed by atoms with Gasteiger partial charge in [0.25, 0.3) is 0 Å². The number of anilines is 1. The molecule has 1 aliphatic heterocycles. The number of hydrogen-bond donors (Lipinski definition) is 4. The van der Waals surface area contributed by atoms with Gasteiger partial charge in [0.15, 0.2) is 0 Å². The van der Waals surface area contributed by atoms with Crippen LogP contribution in [0.1, 0.15) is 48.3 Å². The standard InChI is InChI=1S/C32H37N5O2/c1-22(28-21-34-29-14-7-6-13-27(28)29)30(31(38)35-26-12-8-9-23(19-26)20-33-2)36-32(39)37-17-15-25(16-18-37)24-10-4-3-5-11-24/h3-14,19,21-22,25,30,33-34H,15-18,20H2,1-2H3,(H,35,38)(H,36,39). The Kier molecular flexibility index (Phi) is 8.27. The van der Waals surface area contributed by atoms with Gasteiger partial charge in [-0.1, -0.05) is 67.6 Å². The van der Waals surface area contributed by atoms with Gasteiger partial charge in [0.2, 0.25) is 5.91 Å². The smallest absolute Gasteiger partial charge is 0.318 e. The number of rotatable bonds is 8. The van der Waals surface area contributed by atoms with E-state index < -0.39 is 6.04 Å². The summed E-state index contributed by atoms with van der Waals surface area (Å²) >= 11 is 0. The van der Waals surface area contributed by atoms with Gasteiger partial charge in [-0.15, -0.1) is 0 Å². The minimum atomic E-state index is -0.753. The fourth-order valence-electron chi connectivity index (χ4n) is 5.62. The molecule has 4 aromatic rings. The van der Waals surface area contributed by atoms with E-state index in [0.29, 0.717) is 31.2 Å². The van der Waals surface area contributed by atoms with Crippen LogP contribution < -0.4 is 16.0 Å². The first-order valence-electron chi connectivity index (χ1n) is 13.7. The number of urea groups is 1. The van der Waals surface area contributed by atoms with E-state index in [0.717, 1.165) is 34.9 Å². The van der Waals surface area contributed by atoms with Crippen LogP contribution in [-0.4, -0.2) is 48.0 Å². The van der Waals surface area contributed by atoms with Gasteiger partial charge in [0, 0.05) is 48.3 Å². The molecule has 0 bridgehead atoms. The monoisotopic (exact) mass is 523 g/mol. The molecule has 3 aromatic carbocycles. The number of H-pyrrole nitrogens is 1. The van der Waals surface area contributed by atoms with E-state index in [9.17, 15) is 9.59 Å². The molecule has 0 saturated carbocycles. The average molecular weight is 524 g/mol. The van der Waals surface area contributed by atoms with Crippen LogP contribution in [0.4, 0.5) is 10.5 Å². The van der Waals surface area contributed by atoms with Crippen molar-refractivity contribution < 1.29 is 9.59 Å². The molecule has 202 valence electrons. The van der Waals surface area contributed by atoms with Crippen LogP contribution in [0.15, 0.2) is 85.1 Å². The Morgan fingerprint density at radius 2 is 1.72 bits per heavy atom. The van der Waals surface area contributed by atoms with Gasteiger partial charge in [-0.2, -0.15) is 0 Å². The third-order valence-corrected chi connectivity index (χ3v) is 7.80. The van der Waals surface area contributed by atoms with Gasteiger partial charge < -0.3 is 25.8 Å². The summed E-state index contributed by atoms with van der Waals surface area (Å²) in [6.45, 7) is 4.02. The first kappa shape index (κ1) is 26.5. The lowest BCUT2D eigenvalue weighted by Gasteiger charge is -2.34. The molecule has 0 radical (unpaired) electrons. The van der Waals surface area contributed by atoms with Gasteiger partial charge in [-0.3, -0.25) is 4.79 Å². The van der Waals surface area contributed by atoms with Crippen molar-refractivity contribution in [1.82, 2.24) is 20.5 Å². The molecular weight excluding hydrogens is 486 g/mol. The van der Waals surface area contributed by atoms with Crippen molar-refractivity contribution in [2.75, 3.05) is 25.5 Å². The highest BCUT2D eigenvalue weighted by molar-refractivity contribution is 5.98. The van der Waals surface area contributed by atoms with Crippen molar-refractivity contribution in [2.45, 2.75) is 44.2 Å². The number of fused-ring (bicyclic) bond motifs is 1. The highest BCUT2D eigenvalue weighted by Gasteiger charge is 2.32. The molecule has 1 aromatic heterocycles. The Bertz CT molecular complexity index is 1410. The second-order valence-corrected chi connectivity index (χ2v) is 10.4. The first-order valence-corrected chi connectivity index (χ1v) is 13.7. The molecule has 7 heteroatoms. The van der Waals surface area contributed by atoms with E-state index in [4.69, 9.17) is 0 Å². The van der Waals surface area contributed by atoms with Crippen molar-refractivity contribution in [2.24, 2.45) is 0 Å². The SMILES string of the molecule is CNCc1cccc(NC(=O)C(NC(=O)N2CCC(c3ccccc3)CC2)C(C)c2c[nH]c3ccccc23)c1.